The number of carbonyl (C=O) groups is 2. The van der Waals surface area contributed by atoms with Crippen molar-refractivity contribution < 1.29 is 14.7 Å². The molecule has 0 spiro atoms. The normalized spacial score (nSPS) is 12.5. The van der Waals surface area contributed by atoms with E-state index < -0.39 is 18.0 Å². The Bertz CT molecular complexity index is 278. The van der Waals surface area contributed by atoms with E-state index in [1.807, 2.05) is 13.8 Å². The van der Waals surface area contributed by atoms with Gasteiger partial charge >= 0.3 is 12.0 Å². The van der Waals surface area contributed by atoms with E-state index in [4.69, 9.17) is 5.11 Å². The number of rotatable bonds is 9. The van der Waals surface area contributed by atoms with Gasteiger partial charge in [0.1, 0.15) is 6.04 Å². The zero-order valence-electron chi connectivity index (χ0n) is 12.5. The molecule has 0 aromatic carbocycles. The van der Waals surface area contributed by atoms with Crippen molar-refractivity contribution in [3.05, 3.63) is 0 Å². The zero-order valence-corrected chi connectivity index (χ0v) is 12.5. The molecule has 3 N–H and O–H groups in total. The first-order chi connectivity index (χ1) is 8.82. The van der Waals surface area contributed by atoms with E-state index in [1.165, 1.54) is 0 Å². The van der Waals surface area contributed by atoms with Crippen LogP contribution in [0.2, 0.25) is 0 Å². The minimum atomic E-state index is -0.983. The number of unbranched alkanes of at least 4 members (excludes halogenated alkanes) is 1. The Hall–Kier alpha value is -1.26. The van der Waals surface area contributed by atoms with Gasteiger partial charge in [0.2, 0.25) is 0 Å². The average Bonchev–Trinajstić information content (AvgIpc) is 2.26. The van der Waals surface area contributed by atoms with Crippen LogP contribution in [0.4, 0.5) is 4.79 Å². The number of aliphatic carboxylic acids is 1. The van der Waals surface area contributed by atoms with E-state index >= 15 is 0 Å². The van der Waals surface area contributed by atoms with Crippen molar-refractivity contribution in [3.63, 3.8) is 0 Å². The molecule has 0 aromatic heterocycles. The maximum atomic E-state index is 11.6. The standard InChI is InChI=1S/C14H28N2O3/c1-10(2)7-5-6-8-15-14(19)16-12(13(17)18)9-11(3)4/h10-12H,5-9H2,1-4H3,(H,17,18)(H2,15,16,19). The first-order valence-corrected chi connectivity index (χ1v) is 7.10. The number of amides is 2. The van der Waals surface area contributed by atoms with Gasteiger partial charge in [0.25, 0.3) is 0 Å². The molecule has 0 fully saturated rings. The number of urea groups is 1. The molecule has 112 valence electrons. The first kappa shape index (κ1) is 17.7. The van der Waals surface area contributed by atoms with Gasteiger partial charge in [-0.15, -0.1) is 0 Å². The fourth-order valence-corrected chi connectivity index (χ4v) is 1.78. The predicted octanol–water partition coefficient (Wildman–Crippen LogP) is 2.61. The van der Waals surface area contributed by atoms with E-state index in [0.29, 0.717) is 18.9 Å². The topological polar surface area (TPSA) is 78.4 Å². The summed E-state index contributed by atoms with van der Waals surface area (Å²) in [5, 5.41) is 14.2. The summed E-state index contributed by atoms with van der Waals surface area (Å²) in [6.45, 7) is 8.79. The number of carboxylic acids is 1. The lowest BCUT2D eigenvalue weighted by atomic mass is 10.0. The van der Waals surface area contributed by atoms with Gasteiger partial charge in [0.05, 0.1) is 0 Å². The van der Waals surface area contributed by atoms with Crippen LogP contribution in [0.25, 0.3) is 0 Å². The van der Waals surface area contributed by atoms with Crippen molar-refractivity contribution in [2.75, 3.05) is 6.54 Å². The summed E-state index contributed by atoms with van der Waals surface area (Å²) in [4.78, 5) is 22.5. The molecule has 0 aliphatic carbocycles. The summed E-state index contributed by atoms with van der Waals surface area (Å²) in [7, 11) is 0. The molecule has 2 amide bonds. The van der Waals surface area contributed by atoms with E-state index in [1.54, 1.807) is 0 Å². The molecule has 0 radical (unpaired) electrons. The molecule has 0 aliphatic rings. The molecule has 0 saturated heterocycles. The molecule has 0 aliphatic heterocycles. The second-order valence-electron chi connectivity index (χ2n) is 5.81. The molecular weight excluding hydrogens is 244 g/mol. The van der Waals surface area contributed by atoms with Crippen LogP contribution in [-0.2, 0) is 4.79 Å². The van der Waals surface area contributed by atoms with E-state index in [0.717, 1.165) is 19.3 Å². The van der Waals surface area contributed by atoms with Gasteiger partial charge in [-0.25, -0.2) is 9.59 Å². The average molecular weight is 272 g/mol. The largest absolute Gasteiger partial charge is 0.480 e. The first-order valence-electron chi connectivity index (χ1n) is 7.10. The Morgan fingerprint density at radius 3 is 2.16 bits per heavy atom. The molecule has 1 unspecified atom stereocenters. The highest BCUT2D eigenvalue weighted by Crippen LogP contribution is 2.06. The number of carboxylic acid groups (broad SMARTS) is 1. The lowest BCUT2D eigenvalue weighted by Gasteiger charge is -2.17. The quantitative estimate of drug-likeness (QED) is 0.564. The van der Waals surface area contributed by atoms with Gasteiger partial charge in [-0.3, -0.25) is 0 Å². The Morgan fingerprint density at radius 2 is 1.68 bits per heavy atom. The summed E-state index contributed by atoms with van der Waals surface area (Å²) in [5.41, 5.74) is 0. The molecule has 0 heterocycles. The number of hydrogen-bond acceptors (Lipinski definition) is 2. The fraction of sp³-hybridized carbons (Fsp3) is 0.857. The predicted molar refractivity (Wildman–Crippen MR) is 76.1 cm³/mol. The van der Waals surface area contributed by atoms with Gasteiger partial charge in [-0.1, -0.05) is 40.5 Å². The Kier molecular flexibility index (Phi) is 9.00. The SMILES string of the molecule is CC(C)CCCCNC(=O)NC(CC(C)C)C(=O)O. The fourth-order valence-electron chi connectivity index (χ4n) is 1.78. The van der Waals surface area contributed by atoms with Crippen LogP contribution >= 0.6 is 0 Å². The summed E-state index contributed by atoms with van der Waals surface area (Å²) in [6.07, 6.45) is 3.59. The van der Waals surface area contributed by atoms with Gasteiger partial charge in [0, 0.05) is 6.54 Å². The summed E-state index contributed by atoms with van der Waals surface area (Å²) in [5.74, 6) is -0.0765. The molecule has 19 heavy (non-hydrogen) atoms. The monoisotopic (exact) mass is 272 g/mol. The summed E-state index contributed by atoms with van der Waals surface area (Å²) < 4.78 is 0. The van der Waals surface area contributed by atoms with Crippen LogP contribution in [0.15, 0.2) is 0 Å². The smallest absolute Gasteiger partial charge is 0.326 e. The third-order valence-electron chi connectivity index (χ3n) is 2.80. The second-order valence-corrected chi connectivity index (χ2v) is 5.81. The molecule has 0 bridgehead atoms. The Morgan fingerprint density at radius 1 is 1.05 bits per heavy atom. The maximum Gasteiger partial charge on any atom is 0.326 e. The van der Waals surface area contributed by atoms with E-state index in [2.05, 4.69) is 24.5 Å². The van der Waals surface area contributed by atoms with Gasteiger partial charge < -0.3 is 15.7 Å². The minimum Gasteiger partial charge on any atom is -0.480 e. The van der Waals surface area contributed by atoms with Gasteiger partial charge in [0.15, 0.2) is 0 Å². The van der Waals surface area contributed by atoms with Gasteiger partial charge in [-0.2, -0.15) is 0 Å². The van der Waals surface area contributed by atoms with Crippen molar-refractivity contribution in [1.29, 1.82) is 0 Å². The van der Waals surface area contributed by atoms with E-state index in [-0.39, 0.29) is 5.92 Å². The Balaban J connectivity index is 3.84. The van der Waals surface area contributed by atoms with Gasteiger partial charge in [-0.05, 0) is 24.7 Å². The van der Waals surface area contributed by atoms with E-state index in [9.17, 15) is 9.59 Å². The van der Waals surface area contributed by atoms with Crippen molar-refractivity contribution in [2.45, 2.75) is 59.4 Å². The summed E-state index contributed by atoms with van der Waals surface area (Å²) in [6, 6.07) is -1.20. The highest BCUT2D eigenvalue weighted by Gasteiger charge is 2.20. The summed E-state index contributed by atoms with van der Waals surface area (Å²) >= 11 is 0. The van der Waals surface area contributed by atoms with Crippen molar-refractivity contribution in [1.82, 2.24) is 10.6 Å². The lowest BCUT2D eigenvalue weighted by Crippen LogP contribution is -2.46. The van der Waals surface area contributed by atoms with Crippen LogP contribution in [0.5, 0.6) is 0 Å². The molecule has 0 aromatic rings. The number of hydrogen-bond donors (Lipinski definition) is 3. The van der Waals surface area contributed by atoms with Crippen molar-refractivity contribution in [3.8, 4) is 0 Å². The van der Waals surface area contributed by atoms with Crippen LogP contribution < -0.4 is 10.6 Å². The molecule has 1 atom stereocenters. The molecule has 5 heteroatoms. The molecule has 0 rings (SSSR count). The third kappa shape index (κ3) is 10.4. The van der Waals surface area contributed by atoms with Crippen molar-refractivity contribution >= 4 is 12.0 Å². The number of carbonyl (C=O) groups excluding carboxylic acids is 1. The van der Waals surface area contributed by atoms with Crippen LogP contribution in [-0.4, -0.2) is 29.7 Å². The second kappa shape index (κ2) is 9.64. The zero-order chi connectivity index (χ0) is 14.8. The van der Waals surface area contributed by atoms with Crippen molar-refractivity contribution in [2.24, 2.45) is 11.8 Å². The number of nitrogens with one attached hydrogen (secondary N) is 2. The van der Waals surface area contributed by atoms with Crippen LogP contribution in [0.3, 0.4) is 0 Å². The molecule has 0 saturated carbocycles. The third-order valence-corrected chi connectivity index (χ3v) is 2.80. The highest BCUT2D eigenvalue weighted by molar-refractivity contribution is 5.82. The van der Waals surface area contributed by atoms with Crippen LogP contribution in [0.1, 0.15) is 53.4 Å². The maximum absolute atomic E-state index is 11.6. The molecular formula is C14H28N2O3. The lowest BCUT2D eigenvalue weighted by molar-refractivity contribution is -0.139. The van der Waals surface area contributed by atoms with Crippen LogP contribution in [0, 0.1) is 11.8 Å². The minimum absolute atomic E-state index is 0.229. The highest BCUT2D eigenvalue weighted by atomic mass is 16.4. The molecule has 5 nitrogen and oxygen atoms in total. The Labute approximate surface area is 116 Å².